The first-order valence-corrected chi connectivity index (χ1v) is 7.11. The first-order valence-electron chi connectivity index (χ1n) is 7.11. The van der Waals surface area contributed by atoms with Gasteiger partial charge in [0.2, 0.25) is 0 Å². The molecule has 0 aliphatic heterocycles. The molecule has 0 aliphatic rings. The Morgan fingerprint density at radius 1 is 0.950 bits per heavy atom. The van der Waals surface area contributed by atoms with Crippen LogP contribution in [0, 0.1) is 0 Å². The van der Waals surface area contributed by atoms with Crippen molar-refractivity contribution in [3.05, 3.63) is 71.3 Å². The molecule has 3 N–H and O–H groups in total. The largest absolute Gasteiger partial charge is 0.320 e. The summed E-state index contributed by atoms with van der Waals surface area (Å²) in [6.45, 7) is 7.35. The zero-order valence-corrected chi connectivity index (χ0v) is 12.6. The molecule has 0 fully saturated rings. The second kappa shape index (κ2) is 6.21. The van der Waals surface area contributed by atoms with Crippen molar-refractivity contribution < 1.29 is 0 Å². The van der Waals surface area contributed by atoms with Gasteiger partial charge in [0, 0.05) is 12.1 Å². The highest BCUT2D eigenvalue weighted by atomic mass is 14.9. The van der Waals surface area contributed by atoms with Crippen LogP contribution in [-0.2, 0) is 6.54 Å². The van der Waals surface area contributed by atoms with Gasteiger partial charge < -0.3 is 11.1 Å². The summed E-state index contributed by atoms with van der Waals surface area (Å²) in [5.41, 5.74) is 10.1. The molecule has 2 rings (SSSR count). The van der Waals surface area contributed by atoms with E-state index in [1.807, 2.05) is 18.2 Å². The monoisotopic (exact) mass is 268 g/mol. The fourth-order valence-corrected chi connectivity index (χ4v) is 2.20. The smallest absolute Gasteiger partial charge is 0.0554 e. The van der Waals surface area contributed by atoms with E-state index in [9.17, 15) is 0 Å². The van der Waals surface area contributed by atoms with Crippen LogP contribution in [0.15, 0.2) is 54.6 Å². The van der Waals surface area contributed by atoms with Gasteiger partial charge in [-0.1, -0.05) is 54.6 Å². The average Bonchev–Trinajstić information content (AvgIpc) is 2.45. The summed E-state index contributed by atoms with van der Waals surface area (Å²) in [7, 11) is 0. The van der Waals surface area contributed by atoms with E-state index in [0.717, 1.165) is 12.1 Å². The normalized spacial score (nSPS) is 13.2. The lowest BCUT2D eigenvalue weighted by molar-refractivity contribution is 0.423. The highest BCUT2D eigenvalue weighted by Gasteiger charge is 2.14. The molecule has 106 valence electrons. The van der Waals surface area contributed by atoms with E-state index in [1.54, 1.807) is 0 Å². The number of hydrogen-bond acceptors (Lipinski definition) is 2. The molecule has 0 aromatic heterocycles. The minimum atomic E-state index is -0.0748. The molecule has 0 saturated carbocycles. The van der Waals surface area contributed by atoms with Crippen molar-refractivity contribution in [3.8, 4) is 0 Å². The Morgan fingerprint density at radius 2 is 1.55 bits per heavy atom. The zero-order chi connectivity index (χ0) is 14.6. The fraction of sp³-hybridized carbons (Fsp3) is 0.333. The second-order valence-electron chi connectivity index (χ2n) is 6.19. The Hall–Kier alpha value is -1.64. The van der Waals surface area contributed by atoms with E-state index in [4.69, 9.17) is 5.73 Å². The molecule has 0 saturated heterocycles. The third-order valence-corrected chi connectivity index (χ3v) is 3.36. The molecular weight excluding hydrogens is 244 g/mol. The van der Waals surface area contributed by atoms with Crippen molar-refractivity contribution in [2.24, 2.45) is 5.73 Å². The zero-order valence-electron chi connectivity index (χ0n) is 12.6. The van der Waals surface area contributed by atoms with E-state index in [1.165, 1.54) is 11.1 Å². The summed E-state index contributed by atoms with van der Waals surface area (Å²) < 4.78 is 0. The molecule has 0 aliphatic carbocycles. The molecule has 2 nitrogen and oxygen atoms in total. The molecule has 2 heteroatoms. The quantitative estimate of drug-likeness (QED) is 0.888. The van der Waals surface area contributed by atoms with Gasteiger partial charge in [0.05, 0.1) is 6.04 Å². The van der Waals surface area contributed by atoms with E-state index in [-0.39, 0.29) is 11.6 Å². The highest BCUT2D eigenvalue weighted by molar-refractivity contribution is 5.37. The van der Waals surface area contributed by atoms with Crippen molar-refractivity contribution in [1.29, 1.82) is 0 Å². The molecule has 0 amide bonds. The standard InChI is InChI=1S/C18H24N2/c1-18(2,3)20-13-15-11-7-8-12-16(15)17(19)14-9-5-4-6-10-14/h4-12,17,20H,13,19H2,1-3H3. The number of hydrogen-bond donors (Lipinski definition) is 2. The fourth-order valence-electron chi connectivity index (χ4n) is 2.20. The average molecular weight is 268 g/mol. The number of nitrogens with two attached hydrogens (primary N) is 1. The summed E-state index contributed by atoms with van der Waals surface area (Å²) in [4.78, 5) is 0. The Kier molecular flexibility index (Phi) is 4.58. The Morgan fingerprint density at radius 3 is 2.20 bits per heavy atom. The molecule has 1 atom stereocenters. The molecule has 2 aromatic rings. The Balaban J connectivity index is 2.23. The Bertz CT molecular complexity index is 541. The van der Waals surface area contributed by atoms with Crippen LogP contribution >= 0.6 is 0 Å². The summed E-state index contributed by atoms with van der Waals surface area (Å²) in [6, 6.07) is 18.6. The first-order chi connectivity index (χ1) is 9.47. The minimum absolute atomic E-state index is 0.0748. The van der Waals surface area contributed by atoms with Crippen LogP contribution in [0.5, 0.6) is 0 Å². The van der Waals surface area contributed by atoms with Crippen LogP contribution in [0.2, 0.25) is 0 Å². The van der Waals surface area contributed by atoms with Crippen molar-refractivity contribution in [1.82, 2.24) is 5.32 Å². The van der Waals surface area contributed by atoms with Crippen molar-refractivity contribution in [2.75, 3.05) is 0 Å². The Labute approximate surface area is 122 Å². The number of benzene rings is 2. The van der Waals surface area contributed by atoms with Gasteiger partial charge in [-0.3, -0.25) is 0 Å². The second-order valence-corrected chi connectivity index (χ2v) is 6.19. The molecule has 1 unspecified atom stereocenters. The molecule has 20 heavy (non-hydrogen) atoms. The van der Waals surface area contributed by atoms with Crippen LogP contribution in [0.4, 0.5) is 0 Å². The van der Waals surface area contributed by atoms with Gasteiger partial charge in [0.15, 0.2) is 0 Å². The maximum atomic E-state index is 6.43. The van der Waals surface area contributed by atoms with E-state index >= 15 is 0 Å². The van der Waals surface area contributed by atoms with Crippen LogP contribution in [0.3, 0.4) is 0 Å². The third kappa shape index (κ3) is 3.92. The molecule has 0 radical (unpaired) electrons. The highest BCUT2D eigenvalue weighted by Crippen LogP contribution is 2.23. The van der Waals surface area contributed by atoms with Gasteiger partial charge in [0.25, 0.3) is 0 Å². The van der Waals surface area contributed by atoms with Crippen molar-refractivity contribution >= 4 is 0 Å². The molecule has 2 aromatic carbocycles. The maximum Gasteiger partial charge on any atom is 0.0554 e. The van der Waals surface area contributed by atoms with E-state index in [2.05, 4.69) is 62.5 Å². The summed E-state index contributed by atoms with van der Waals surface area (Å²) in [5, 5.41) is 3.53. The molecule has 0 bridgehead atoms. The first kappa shape index (κ1) is 14.8. The van der Waals surface area contributed by atoms with Gasteiger partial charge in [-0.25, -0.2) is 0 Å². The lowest BCUT2D eigenvalue weighted by atomic mass is 9.94. The summed E-state index contributed by atoms with van der Waals surface area (Å²) in [6.07, 6.45) is 0. The van der Waals surface area contributed by atoms with E-state index in [0.29, 0.717) is 0 Å². The summed E-state index contributed by atoms with van der Waals surface area (Å²) >= 11 is 0. The minimum Gasteiger partial charge on any atom is -0.320 e. The van der Waals surface area contributed by atoms with E-state index < -0.39 is 0 Å². The SMILES string of the molecule is CC(C)(C)NCc1ccccc1C(N)c1ccccc1. The van der Waals surface area contributed by atoms with Crippen molar-refractivity contribution in [3.63, 3.8) is 0 Å². The number of rotatable bonds is 4. The van der Waals surface area contributed by atoms with Gasteiger partial charge in [-0.2, -0.15) is 0 Å². The van der Waals surface area contributed by atoms with Crippen LogP contribution in [-0.4, -0.2) is 5.54 Å². The van der Waals surface area contributed by atoms with Gasteiger partial charge in [-0.05, 0) is 37.5 Å². The van der Waals surface area contributed by atoms with Crippen molar-refractivity contribution in [2.45, 2.75) is 38.9 Å². The third-order valence-electron chi connectivity index (χ3n) is 3.36. The van der Waals surface area contributed by atoms with Crippen LogP contribution < -0.4 is 11.1 Å². The maximum absolute atomic E-state index is 6.43. The topological polar surface area (TPSA) is 38.0 Å². The predicted octanol–water partition coefficient (Wildman–Crippen LogP) is 3.62. The summed E-state index contributed by atoms with van der Waals surface area (Å²) in [5.74, 6) is 0. The van der Waals surface area contributed by atoms with Crippen LogP contribution in [0.25, 0.3) is 0 Å². The molecular formula is C18H24N2. The number of nitrogens with one attached hydrogen (secondary N) is 1. The van der Waals surface area contributed by atoms with Gasteiger partial charge in [0.1, 0.15) is 0 Å². The molecule has 0 heterocycles. The lowest BCUT2D eigenvalue weighted by Crippen LogP contribution is -2.35. The van der Waals surface area contributed by atoms with Gasteiger partial charge in [-0.15, -0.1) is 0 Å². The predicted molar refractivity (Wildman–Crippen MR) is 85.5 cm³/mol. The van der Waals surface area contributed by atoms with Crippen LogP contribution in [0.1, 0.15) is 43.5 Å². The molecule has 0 spiro atoms. The lowest BCUT2D eigenvalue weighted by Gasteiger charge is -2.23. The van der Waals surface area contributed by atoms with Gasteiger partial charge >= 0.3 is 0 Å².